The maximum atomic E-state index is 11.1. The Kier molecular flexibility index (Phi) is 5.26. The summed E-state index contributed by atoms with van der Waals surface area (Å²) in [7, 11) is 0. The highest BCUT2D eigenvalue weighted by Gasteiger charge is 2.26. The molecule has 0 radical (unpaired) electrons. The van der Waals surface area contributed by atoms with Crippen molar-refractivity contribution in [2.45, 2.75) is 45.3 Å². The highest BCUT2D eigenvalue weighted by atomic mass is 16.6. The van der Waals surface area contributed by atoms with E-state index in [1.807, 2.05) is 13.8 Å². The zero-order valence-electron chi connectivity index (χ0n) is 12.3. The van der Waals surface area contributed by atoms with E-state index in [2.05, 4.69) is 20.6 Å². The summed E-state index contributed by atoms with van der Waals surface area (Å²) in [4.78, 5) is 18.8. The van der Waals surface area contributed by atoms with Gasteiger partial charge in [0.1, 0.15) is 6.20 Å². The summed E-state index contributed by atoms with van der Waals surface area (Å²) in [5, 5.41) is 17.2. The van der Waals surface area contributed by atoms with Gasteiger partial charge >= 0.3 is 5.69 Å². The Hall–Kier alpha value is -1.96. The van der Waals surface area contributed by atoms with Gasteiger partial charge in [-0.1, -0.05) is 6.92 Å². The minimum atomic E-state index is -0.478. The topological polar surface area (TPSA) is 102 Å². The molecule has 1 aromatic heterocycles. The minimum Gasteiger partial charge on any atom is -0.376 e. The van der Waals surface area contributed by atoms with Crippen molar-refractivity contribution in [3.63, 3.8) is 0 Å². The van der Waals surface area contributed by atoms with Crippen molar-refractivity contribution in [1.82, 2.24) is 9.97 Å². The molecular formula is C13H21N5O3. The maximum absolute atomic E-state index is 11.1. The van der Waals surface area contributed by atoms with Crippen LogP contribution in [0.4, 0.5) is 17.5 Å². The number of anilines is 2. The van der Waals surface area contributed by atoms with Gasteiger partial charge in [-0.25, -0.2) is 4.98 Å². The van der Waals surface area contributed by atoms with E-state index in [0.717, 1.165) is 32.4 Å². The third kappa shape index (κ3) is 4.01. The first-order valence-corrected chi connectivity index (χ1v) is 7.25. The van der Waals surface area contributed by atoms with Gasteiger partial charge in [0.05, 0.1) is 17.1 Å². The average Bonchev–Trinajstić information content (AvgIpc) is 2.99. The van der Waals surface area contributed by atoms with Crippen molar-refractivity contribution in [2.75, 3.05) is 23.8 Å². The molecule has 1 saturated heterocycles. The van der Waals surface area contributed by atoms with Crippen molar-refractivity contribution in [3.8, 4) is 0 Å². The SMILES string of the molecule is CCCNc1ncc([N+](=O)[O-])c(NC(C)C2CCCO2)n1. The standard InChI is InChI=1S/C13H21N5O3/c1-3-6-14-13-15-8-10(18(19)20)12(17-13)16-9(2)11-5-4-7-21-11/h8-9,11H,3-7H2,1-2H3,(H2,14,15,16,17). The molecule has 1 aliphatic rings. The van der Waals surface area contributed by atoms with Crippen molar-refractivity contribution in [3.05, 3.63) is 16.3 Å². The molecule has 8 nitrogen and oxygen atoms in total. The summed E-state index contributed by atoms with van der Waals surface area (Å²) in [5.41, 5.74) is -0.123. The van der Waals surface area contributed by atoms with Crippen LogP contribution in [-0.4, -0.2) is 40.2 Å². The third-order valence-corrected chi connectivity index (χ3v) is 3.39. The normalized spacial score (nSPS) is 19.2. The fourth-order valence-corrected chi connectivity index (χ4v) is 2.24. The van der Waals surface area contributed by atoms with E-state index in [-0.39, 0.29) is 23.7 Å². The molecule has 1 fully saturated rings. The Bertz CT molecular complexity index is 491. The highest BCUT2D eigenvalue weighted by Crippen LogP contribution is 2.25. The van der Waals surface area contributed by atoms with Gasteiger partial charge in [-0.15, -0.1) is 0 Å². The van der Waals surface area contributed by atoms with E-state index in [9.17, 15) is 10.1 Å². The molecule has 2 atom stereocenters. The number of rotatable bonds is 7. The first kappa shape index (κ1) is 15.4. The van der Waals surface area contributed by atoms with Crippen LogP contribution < -0.4 is 10.6 Å². The summed E-state index contributed by atoms with van der Waals surface area (Å²) in [6.07, 6.45) is 4.19. The first-order chi connectivity index (χ1) is 10.1. The molecule has 0 aromatic carbocycles. The molecule has 0 saturated carbocycles. The molecular weight excluding hydrogens is 274 g/mol. The van der Waals surface area contributed by atoms with Crippen LogP contribution in [0.2, 0.25) is 0 Å². The Morgan fingerprint density at radius 3 is 3.05 bits per heavy atom. The molecule has 2 N–H and O–H groups in total. The predicted octanol–water partition coefficient (Wildman–Crippen LogP) is 2.19. The van der Waals surface area contributed by atoms with Crippen LogP contribution in [0.1, 0.15) is 33.1 Å². The molecule has 1 aromatic rings. The van der Waals surface area contributed by atoms with Crippen LogP contribution >= 0.6 is 0 Å². The van der Waals surface area contributed by atoms with Crippen LogP contribution in [0.5, 0.6) is 0 Å². The molecule has 2 heterocycles. The van der Waals surface area contributed by atoms with Gasteiger partial charge in [0.15, 0.2) is 0 Å². The Morgan fingerprint density at radius 2 is 2.43 bits per heavy atom. The van der Waals surface area contributed by atoms with Crippen molar-refractivity contribution in [2.24, 2.45) is 0 Å². The second-order valence-corrected chi connectivity index (χ2v) is 5.10. The number of nitrogens with one attached hydrogen (secondary N) is 2. The van der Waals surface area contributed by atoms with Gasteiger partial charge in [0.2, 0.25) is 11.8 Å². The van der Waals surface area contributed by atoms with Gasteiger partial charge in [0.25, 0.3) is 0 Å². The van der Waals surface area contributed by atoms with Crippen LogP contribution in [-0.2, 0) is 4.74 Å². The van der Waals surface area contributed by atoms with Crippen molar-refractivity contribution < 1.29 is 9.66 Å². The molecule has 8 heteroatoms. The second kappa shape index (κ2) is 7.16. The van der Waals surface area contributed by atoms with Gasteiger partial charge < -0.3 is 15.4 Å². The molecule has 2 unspecified atom stereocenters. The summed E-state index contributed by atoms with van der Waals surface area (Å²) in [6.45, 7) is 5.43. The van der Waals surface area contributed by atoms with Gasteiger partial charge in [0, 0.05) is 13.2 Å². The number of aromatic nitrogens is 2. The third-order valence-electron chi connectivity index (χ3n) is 3.39. The molecule has 0 aliphatic carbocycles. The Balaban J connectivity index is 2.14. The Labute approximate surface area is 123 Å². The van der Waals surface area contributed by atoms with E-state index in [4.69, 9.17) is 4.74 Å². The first-order valence-electron chi connectivity index (χ1n) is 7.25. The summed E-state index contributed by atoms with van der Waals surface area (Å²) < 4.78 is 5.59. The summed E-state index contributed by atoms with van der Waals surface area (Å²) in [5.74, 6) is 0.626. The lowest BCUT2D eigenvalue weighted by atomic mass is 10.1. The zero-order valence-corrected chi connectivity index (χ0v) is 12.3. The number of nitrogens with zero attached hydrogens (tertiary/aromatic N) is 3. The lowest BCUT2D eigenvalue weighted by molar-refractivity contribution is -0.384. The van der Waals surface area contributed by atoms with E-state index < -0.39 is 4.92 Å². The van der Waals surface area contributed by atoms with E-state index >= 15 is 0 Å². The maximum Gasteiger partial charge on any atom is 0.329 e. The van der Waals surface area contributed by atoms with Crippen LogP contribution in [0.25, 0.3) is 0 Å². The fraction of sp³-hybridized carbons (Fsp3) is 0.692. The largest absolute Gasteiger partial charge is 0.376 e. The lowest BCUT2D eigenvalue weighted by Gasteiger charge is -2.20. The molecule has 0 amide bonds. The minimum absolute atomic E-state index is 0.0416. The number of nitro groups is 1. The van der Waals surface area contributed by atoms with E-state index in [1.165, 1.54) is 6.20 Å². The average molecular weight is 295 g/mol. The number of ether oxygens (including phenoxy) is 1. The lowest BCUT2D eigenvalue weighted by Crippen LogP contribution is -2.30. The van der Waals surface area contributed by atoms with E-state index in [1.54, 1.807) is 0 Å². The summed E-state index contributed by atoms with van der Waals surface area (Å²) in [6, 6.07) is -0.0416. The van der Waals surface area contributed by atoms with E-state index in [0.29, 0.717) is 5.95 Å². The number of hydrogen-bond acceptors (Lipinski definition) is 7. The highest BCUT2D eigenvalue weighted by molar-refractivity contribution is 5.57. The fourth-order valence-electron chi connectivity index (χ4n) is 2.24. The van der Waals surface area contributed by atoms with Crippen LogP contribution in [0.3, 0.4) is 0 Å². The smallest absolute Gasteiger partial charge is 0.329 e. The molecule has 1 aliphatic heterocycles. The Morgan fingerprint density at radius 1 is 1.62 bits per heavy atom. The number of hydrogen-bond donors (Lipinski definition) is 2. The zero-order chi connectivity index (χ0) is 15.2. The molecule has 2 rings (SSSR count). The summed E-state index contributed by atoms with van der Waals surface area (Å²) >= 11 is 0. The van der Waals surface area contributed by atoms with Gasteiger partial charge in [-0.2, -0.15) is 4.98 Å². The molecule has 21 heavy (non-hydrogen) atoms. The van der Waals surface area contributed by atoms with Crippen molar-refractivity contribution >= 4 is 17.5 Å². The van der Waals surface area contributed by atoms with Gasteiger partial charge in [-0.05, 0) is 26.2 Å². The van der Waals surface area contributed by atoms with Gasteiger partial charge in [-0.3, -0.25) is 10.1 Å². The quantitative estimate of drug-likeness (QED) is 0.587. The monoisotopic (exact) mass is 295 g/mol. The van der Waals surface area contributed by atoms with Crippen LogP contribution in [0, 0.1) is 10.1 Å². The molecule has 116 valence electrons. The molecule has 0 spiro atoms. The second-order valence-electron chi connectivity index (χ2n) is 5.10. The predicted molar refractivity (Wildman–Crippen MR) is 79.5 cm³/mol. The van der Waals surface area contributed by atoms with Crippen molar-refractivity contribution in [1.29, 1.82) is 0 Å². The molecule has 0 bridgehead atoms. The van der Waals surface area contributed by atoms with Crippen LogP contribution in [0.15, 0.2) is 6.20 Å².